The van der Waals surface area contributed by atoms with E-state index in [4.69, 9.17) is 16.3 Å². The molecule has 0 saturated carbocycles. The second-order valence-corrected chi connectivity index (χ2v) is 12.8. The van der Waals surface area contributed by atoms with Crippen LogP contribution in [-0.2, 0) is 24.2 Å². The summed E-state index contributed by atoms with van der Waals surface area (Å²) in [6, 6.07) is 9.61. The van der Waals surface area contributed by atoms with Crippen molar-refractivity contribution in [2.75, 3.05) is 11.1 Å². The number of amides is 1. The number of thiophene rings is 1. The van der Waals surface area contributed by atoms with Crippen molar-refractivity contribution in [1.29, 1.82) is 5.26 Å². The third-order valence-corrected chi connectivity index (χ3v) is 9.99. The predicted octanol–water partition coefficient (Wildman–Crippen LogP) is 7.46. The summed E-state index contributed by atoms with van der Waals surface area (Å²) in [7, 11) is 0. The largest absolute Gasteiger partial charge is 0.481 e. The topological polar surface area (TPSA) is 92.8 Å². The smallest absolute Gasteiger partial charge is 0.235 e. The number of halogens is 1. The molecule has 0 spiro atoms. The summed E-state index contributed by atoms with van der Waals surface area (Å²) in [6.07, 6.45) is 5.37. The maximum Gasteiger partial charge on any atom is 0.235 e. The first-order valence-electron chi connectivity index (χ1n) is 13.1. The van der Waals surface area contributed by atoms with Crippen molar-refractivity contribution < 1.29 is 9.53 Å². The van der Waals surface area contributed by atoms with Gasteiger partial charge in [-0.2, -0.15) is 5.26 Å². The molecule has 0 bridgehead atoms. The lowest BCUT2D eigenvalue weighted by Crippen LogP contribution is -2.28. The van der Waals surface area contributed by atoms with Gasteiger partial charge in [0.25, 0.3) is 0 Å². The Bertz CT molecular complexity index is 1390. The zero-order chi connectivity index (χ0) is 28.2. The molecule has 1 aromatic carbocycles. The van der Waals surface area contributed by atoms with E-state index in [1.54, 1.807) is 29.5 Å². The van der Waals surface area contributed by atoms with Crippen molar-refractivity contribution in [1.82, 2.24) is 14.8 Å². The molecule has 0 fully saturated rings. The van der Waals surface area contributed by atoms with Crippen LogP contribution in [0.25, 0.3) is 0 Å². The van der Waals surface area contributed by atoms with E-state index >= 15 is 0 Å². The van der Waals surface area contributed by atoms with Crippen LogP contribution in [0, 0.1) is 22.7 Å². The van der Waals surface area contributed by atoms with Gasteiger partial charge in [-0.15, -0.1) is 28.1 Å². The van der Waals surface area contributed by atoms with E-state index in [9.17, 15) is 10.1 Å². The van der Waals surface area contributed by atoms with Gasteiger partial charge in [-0.05, 0) is 55.2 Å². The summed E-state index contributed by atoms with van der Waals surface area (Å²) in [6.45, 7) is 13.1. The average molecular weight is 584 g/mol. The molecule has 7 nitrogen and oxygen atoms in total. The molecule has 4 rings (SSSR count). The average Bonchev–Trinajstić information content (AvgIpc) is 3.48. The summed E-state index contributed by atoms with van der Waals surface area (Å²) in [5, 5.41) is 23.3. The summed E-state index contributed by atoms with van der Waals surface area (Å²) < 4.78 is 7.91. The molecule has 1 aliphatic rings. The van der Waals surface area contributed by atoms with Crippen molar-refractivity contribution in [3.05, 3.63) is 63.8 Å². The highest BCUT2D eigenvalue weighted by Crippen LogP contribution is 2.45. The van der Waals surface area contributed by atoms with Crippen molar-refractivity contribution in [2.45, 2.75) is 71.2 Å². The number of thioether (sulfide) groups is 1. The molecule has 10 heteroatoms. The molecule has 2 aromatic heterocycles. The van der Waals surface area contributed by atoms with E-state index in [0.717, 1.165) is 31.2 Å². The van der Waals surface area contributed by atoms with E-state index in [1.165, 1.54) is 16.6 Å². The molecule has 1 amide bonds. The number of nitrogens with zero attached hydrogens (tertiary/aromatic N) is 4. The molecular formula is C29H34ClN5O2S2. The quantitative estimate of drug-likeness (QED) is 0.186. The first-order valence-corrected chi connectivity index (χ1v) is 15.3. The van der Waals surface area contributed by atoms with Gasteiger partial charge in [-0.25, -0.2) is 0 Å². The molecule has 1 N–H and O–H groups in total. The van der Waals surface area contributed by atoms with Crippen molar-refractivity contribution >= 4 is 45.6 Å². The van der Waals surface area contributed by atoms with Gasteiger partial charge in [0, 0.05) is 11.4 Å². The van der Waals surface area contributed by atoms with Gasteiger partial charge in [-0.1, -0.05) is 68.8 Å². The second kappa shape index (κ2) is 12.6. The predicted molar refractivity (Wildman–Crippen MR) is 159 cm³/mol. The number of hydrogen-bond donors (Lipinski definition) is 1. The van der Waals surface area contributed by atoms with Gasteiger partial charge in [0.2, 0.25) is 5.91 Å². The molecular weight excluding hydrogens is 550 g/mol. The molecule has 2 unspecified atom stereocenters. The zero-order valence-electron chi connectivity index (χ0n) is 22.8. The Morgan fingerprint density at radius 1 is 1.44 bits per heavy atom. The first-order chi connectivity index (χ1) is 18.7. The molecule has 39 heavy (non-hydrogen) atoms. The third kappa shape index (κ3) is 6.51. The normalized spacial score (nSPS) is 15.7. The highest BCUT2D eigenvalue weighted by Gasteiger charge is 2.34. The van der Waals surface area contributed by atoms with Crippen LogP contribution in [0.3, 0.4) is 0 Å². The summed E-state index contributed by atoms with van der Waals surface area (Å²) in [4.78, 5) is 14.2. The molecule has 0 aliphatic heterocycles. The summed E-state index contributed by atoms with van der Waals surface area (Å²) in [5.74, 6) is 1.70. The third-order valence-electron chi connectivity index (χ3n) is 7.54. The van der Waals surface area contributed by atoms with Crippen LogP contribution in [0.2, 0.25) is 5.02 Å². The minimum atomic E-state index is -0.419. The summed E-state index contributed by atoms with van der Waals surface area (Å²) >= 11 is 9.09. The number of rotatable bonds is 11. The Labute approximate surface area is 243 Å². The summed E-state index contributed by atoms with van der Waals surface area (Å²) in [5.41, 5.74) is 1.98. The maximum absolute atomic E-state index is 13.0. The Morgan fingerprint density at radius 3 is 2.90 bits per heavy atom. The molecule has 206 valence electrons. The zero-order valence-corrected chi connectivity index (χ0v) is 25.2. The van der Waals surface area contributed by atoms with Crippen LogP contribution in [0.5, 0.6) is 5.75 Å². The fourth-order valence-electron chi connectivity index (χ4n) is 4.83. The SMILES string of the molecule is C=CCn1c(SCC(=O)Nc2sc3c(c2C#N)CCC(C(C)(C)CC)C3)nnc1C(C)Oc1ccccc1Cl. The van der Waals surface area contributed by atoms with Crippen LogP contribution in [0.4, 0.5) is 5.00 Å². The first kappa shape index (κ1) is 29.2. The number of allylic oxidation sites excluding steroid dienone is 1. The minimum Gasteiger partial charge on any atom is -0.481 e. The van der Waals surface area contributed by atoms with E-state index < -0.39 is 6.10 Å². The van der Waals surface area contributed by atoms with Gasteiger partial charge >= 0.3 is 0 Å². The standard InChI is InChI=1S/C29H34ClN5O2S2/c1-6-14-35-26(18(3)37-23-11-9-8-10-22(23)30)33-34-28(35)38-17-25(36)32-27-21(16-31)20-13-12-19(15-24(20)39-27)29(4,5)7-2/h6,8-11,18-19H,1,7,12-15,17H2,2-5H3,(H,32,36). The van der Waals surface area contributed by atoms with E-state index in [2.05, 4.69) is 48.9 Å². The minimum absolute atomic E-state index is 0.133. The number of nitriles is 1. The van der Waals surface area contributed by atoms with E-state index in [-0.39, 0.29) is 17.1 Å². The fraction of sp³-hybridized carbons (Fsp3) is 0.448. The van der Waals surface area contributed by atoms with E-state index in [1.807, 2.05) is 23.6 Å². The number of carbonyl (C=O) groups excluding carboxylic acids is 1. The molecule has 3 aromatic rings. The van der Waals surface area contributed by atoms with E-state index in [0.29, 0.717) is 44.8 Å². The van der Waals surface area contributed by atoms with Crippen LogP contribution < -0.4 is 10.1 Å². The number of benzene rings is 1. The van der Waals surface area contributed by atoms with Crippen LogP contribution >= 0.6 is 34.7 Å². The number of nitrogens with one attached hydrogen (secondary N) is 1. The molecule has 2 heterocycles. The van der Waals surface area contributed by atoms with Crippen molar-refractivity contribution in [2.24, 2.45) is 11.3 Å². The fourth-order valence-corrected chi connectivity index (χ4v) is 7.06. The number of aromatic nitrogens is 3. The molecule has 0 saturated heterocycles. The molecule has 2 atom stereocenters. The number of fused-ring (bicyclic) bond motifs is 1. The van der Waals surface area contributed by atoms with Gasteiger partial charge in [0.1, 0.15) is 16.8 Å². The van der Waals surface area contributed by atoms with Crippen molar-refractivity contribution in [3.8, 4) is 11.8 Å². The van der Waals surface area contributed by atoms with Gasteiger partial charge in [0.15, 0.2) is 17.1 Å². The number of para-hydroxylation sites is 1. The Kier molecular flexibility index (Phi) is 9.42. The van der Waals surface area contributed by atoms with Gasteiger partial charge in [-0.3, -0.25) is 9.36 Å². The van der Waals surface area contributed by atoms with Gasteiger partial charge < -0.3 is 10.1 Å². The number of hydrogen-bond acceptors (Lipinski definition) is 7. The van der Waals surface area contributed by atoms with Crippen LogP contribution in [-0.4, -0.2) is 26.4 Å². The van der Waals surface area contributed by atoms with Gasteiger partial charge in [0.05, 0.1) is 16.3 Å². The Morgan fingerprint density at radius 2 is 2.21 bits per heavy atom. The maximum atomic E-state index is 13.0. The highest BCUT2D eigenvalue weighted by atomic mass is 35.5. The lowest BCUT2D eigenvalue weighted by atomic mass is 9.69. The molecule has 1 aliphatic carbocycles. The van der Waals surface area contributed by atoms with Crippen LogP contribution in [0.1, 0.15) is 68.5 Å². The van der Waals surface area contributed by atoms with Crippen LogP contribution in [0.15, 0.2) is 42.1 Å². The monoisotopic (exact) mass is 583 g/mol. The molecule has 0 radical (unpaired) electrons. The Hall–Kier alpha value is -2.80. The Balaban J connectivity index is 1.44. The lowest BCUT2D eigenvalue weighted by molar-refractivity contribution is -0.113. The number of ether oxygens (including phenoxy) is 1. The van der Waals surface area contributed by atoms with Crippen molar-refractivity contribution in [3.63, 3.8) is 0 Å². The lowest BCUT2D eigenvalue weighted by Gasteiger charge is -2.36. The highest BCUT2D eigenvalue weighted by molar-refractivity contribution is 7.99. The second-order valence-electron chi connectivity index (χ2n) is 10.4. The number of carbonyl (C=O) groups is 1. The number of anilines is 1.